The number of nitrogens with two attached hydrogens (primary N) is 1. The van der Waals surface area contributed by atoms with E-state index >= 15 is 0 Å². The Bertz CT molecular complexity index is 767. The van der Waals surface area contributed by atoms with E-state index in [-0.39, 0.29) is 33.5 Å². The van der Waals surface area contributed by atoms with Crippen LogP contribution in [0.25, 0.3) is 0 Å². The van der Waals surface area contributed by atoms with Crippen LogP contribution in [0.5, 0.6) is 0 Å². The van der Waals surface area contributed by atoms with E-state index in [9.17, 15) is 18.0 Å². The number of fused-ring (bicyclic) bond motifs is 1. The molecule has 1 aromatic heterocycles. The Kier molecular flexibility index (Phi) is 5.46. The van der Waals surface area contributed by atoms with Gasteiger partial charge in [0.1, 0.15) is 0 Å². The summed E-state index contributed by atoms with van der Waals surface area (Å²) >= 11 is 2.56. The van der Waals surface area contributed by atoms with E-state index in [4.69, 9.17) is 5.14 Å². The first-order chi connectivity index (χ1) is 11.8. The molecule has 0 spiro atoms. The smallest absolute Gasteiger partial charge is 0.315 e. The fourth-order valence-electron chi connectivity index (χ4n) is 2.83. The summed E-state index contributed by atoms with van der Waals surface area (Å²) in [6, 6.07) is 0.274. The summed E-state index contributed by atoms with van der Waals surface area (Å²) in [6.07, 6.45) is 2.79. The number of carbonyl (C=O) groups is 2. The number of rotatable bonds is 7. The molecule has 10 nitrogen and oxygen atoms in total. The van der Waals surface area contributed by atoms with Crippen LogP contribution in [-0.4, -0.2) is 53.6 Å². The second-order valence-electron chi connectivity index (χ2n) is 5.83. The fraction of sp³-hybridized carbons (Fsp3) is 0.667. The van der Waals surface area contributed by atoms with E-state index < -0.39 is 10.0 Å². The number of hydrogen-bond acceptors (Lipinski definition) is 8. The van der Waals surface area contributed by atoms with Crippen LogP contribution in [0.2, 0.25) is 0 Å². The van der Waals surface area contributed by atoms with Crippen LogP contribution >= 0.6 is 23.1 Å². The average molecular weight is 407 g/mol. The number of aromatic nitrogens is 2. The van der Waals surface area contributed by atoms with Gasteiger partial charge in [0.25, 0.3) is 10.0 Å². The number of thioether (sulfide) groups is 1. The van der Waals surface area contributed by atoms with Gasteiger partial charge in [0.05, 0.1) is 12.1 Å². The molecular weight excluding hydrogens is 388 g/mol. The zero-order chi connectivity index (χ0) is 18.0. The van der Waals surface area contributed by atoms with Gasteiger partial charge < -0.3 is 16.0 Å². The van der Waals surface area contributed by atoms with Crippen molar-refractivity contribution in [2.24, 2.45) is 5.14 Å². The third-order valence-corrected chi connectivity index (χ3v) is 7.63. The summed E-state index contributed by atoms with van der Waals surface area (Å²) in [5, 5.41) is 20.8. The van der Waals surface area contributed by atoms with Crippen LogP contribution < -0.4 is 21.1 Å². The largest absolute Gasteiger partial charge is 0.332 e. The number of nitrogens with zero attached hydrogens (tertiary/aromatic N) is 2. The van der Waals surface area contributed by atoms with E-state index in [0.29, 0.717) is 18.1 Å². The van der Waals surface area contributed by atoms with Crippen LogP contribution in [0, 0.1) is 0 Å². The summed E-state index contributed by atoms with van der Waals surface area (Å²) < 4.78 is 21.9. The highest BCUT2D eigenvalue weighted by atomic mass is 32.2. The quantitative estimate of drug-likeness (QED) is 0.279. The number of carbonyl (C=O) groups excluding carboxylic acids is 2. The molecule has 0 saturated carbocycles. The van der Waals surface area contributed by atoms with E-state index in [1.165, 1.54) is 0 Å². The SMILES string of the molecule is NS(=O)(=O)c1nnc(NC(=O)CCCC[C@@H]2SC[C@@H]3NC(=O)N[C@@H]32)s1. The third-order valence-electron chi connectivity index (χ3n) is 3.98. The van der Waals surface area contributed by atoms with Crippen LogP contribution in [0.3, 0.4) is 0 Å². The first-order valence-electron chi connectivity index (χ1n) is 7.68. The van der Waals surface area contributed by atoms with Gasteiger partial charge in [-0.15, -0.1) is 10.2 Å². The van der Waals surface area contributed by atoms with E-state index in [1.54, 1.807) is 0 Å². The second-order valence-corrected chi connectivity index (χ2v) is 9.82. The number of anilines is 1. The highest BCUT2D eigenvalue weighted by Gasteiger charge is 2.42. The summed E-state index contributed by atoms with van der Waals surface area (Å²) in [5.74, 6) is 0.669. The second kappa shape index (κ2) is 7.43. The molecule has 3 atom stereocenters. The van der Waals surface area contributed by atoms with Gasteiger partial charge in [-0.2, -0.15) is 11.8 Å². The predicted octanol–water partition coefficient (Wildman–Crippen LogP) is -0.150. The number of urea groups is 1. The van der Waals surface area contributed by atoms with Crippen molar-refractivity contribution in [1.29, 1.82) is 0 Å². The zero-order valence-electron chi connectivity index (χ0n) is 13.1. The van der Waals surface area contributed by atoms with Gasteiger partial charge in [-0.05, 0) is 12.8 Å². The van der Waals surface area contributed by atoms with Gasteiger partial charge in [0, 0.05) is 17.4 Å². The van der Waals surface area contributed by atoms with Crippen molar-refractivity contribution in [2.75, 3.05) is 11.1 Å². The Hall–Kier alpha value is -1.44. The lowest BCUT2D eigenvalue weighted by Gasteiger charge is -2.16. The molecule has 0 aliphatic carbocycles. The van der Waals surface area contributed by atoms with Crippen LogP contribution in [-0.2, 0) is 14.8 Å². The molecule has 0 radical (unpaired) electrons. The van der Waals surface area contributed by atoms with Gasteiger partial charge in [-0.25, -0.2) is 18.4 Å². The Balaban J connectivity index is 1.37. The highest BCUT2D eigenvalue weighted by Crippen LogP contribution is 2.33. The molecule has 0 unspecified atom stereocenters. The number of amides is 3. The molecule has 5 N–H and O–H groups in total. The topological polar surface area (TPSA) is 156 Å². The van der Waals surface area contributed by atoms with Crippen LogP contribution in [0.15, 0.2) is 4.34 Å². The van der Waals surface area contributed by atoms with Gasteiger partial charge in [-0.1, -0.05) is 17.8 Å². The molecule has 3 amide bonds. The van der Waals surface area contributed by atoms with Crippen molar-refractivity contribution in [2.45, 2.75) is 47.4 Å². The highest BCUT2D eigenvalue weighted by molar-refractivity contribution is 8.00. The summed E-state index contributed by atoms with van der Waals surface area (Å²) in [4.78, 5) is 23.2. The Morgan fingerprint density at radius 3 is 2.84 bits per heavy atom. The molecule has 0 aromatic carbocycles. The molecule has 2 aliphatic rings. The molecular formula is C12H18N6O4S3. The Morgan fingerprint density at radius 2 is 2.12 bits per heavy atom. The Labute approximate surface area is 152 Å². The van der Waals surface area contributed by atoms with E-state index in [0.717, 1.165) is 29.9 Å². The molecule has 0 bridgehead atoms. The van der Waals surface area contributed by atoms with Crippen molar-refractivity contribution >= 4 is 50.2 Å². The Morgan fingerprint density at radius 1 is 1.32 bits per heavy atom. The van der Waals surface area contributed by atoms with E-state index in [2.05, 4.69) is 26.1 Å². The van der Waals surface area contributed by atoms with Crippen molar-refractivity contribution in [3.05, 3.63) is 0 Å². The molecule has 2 fully saturated rings. The van der Waals surface area contributed by atoms with Crippen molar-refractivity contribution in [3.63, 3.8) is 0 Å². The minimum Gasteiger partial charge on any atom is -0.332 e. The van der Waals surface area contributed by atoms with Gasteiger partial charge in [0.15, 0.2) is 0 Å². The van der Waals surface area contributed by atoms with E-state index in [1.807, 2.05) is 11.8 Å². The van der Waals surface area contributed by atoms with Crippen molar-refractivity contribution < 1.29 is 18.0 Å². The number of unbranched alkanes of at least 4 members (excludes halogenated alkanes) is 1. The number of hydrogen-bond donors (Lipinski definition) is 4. The zero-order valence-corrected chi connectivity index (χ0v) is 15.5. The average Bonchev–Trinajstić information content (AvgIpc) is 3.19. The minimum absolute atomic E-state index is 0.101. The summed E-state index contributed by atoms with van der Waals surface area (Å²) in [5.41, 5.74) is 0. The lowest BCUT2D eigenvalue weighted by atomic mass is 10.0. The molecule has 2 aliphatic heterocycles. The lowest BCUT2D eigenvalue weighted by Crippen LogP contribution is -2.36. The summed E-state index contributed by atoms with van der Waals surface area (Å²) in [6.45, 7) is 0. The van der Waals surface area contributed by atoms with Crippen LogP contribution in [0.4, 0.5) is 9.93 Å². The fourth-order valence-corrected chi connectivity index (χ4v) is 5.72. The molecule has 2 saturated heterocycles. The normalized spacial score (nSPS) is 25.3. The molecule has 25 heavy (non-hydrogen) atoms. The molecule has 138 valence electrons. The maximum absolute atomic E-state index is 11.9. The van der Waals surface area contributed by atoms with Gasteiger partial charge in [0.2, 0.25) is 15.4 Å². The standard InChI is InChI=1S/C12H18N6O4S3/c13-25(21,22)12-18-17-11(24-12)15-8(19)4-2-1-3-7-9-6(5-23-7)14-10(20)16-9/h6-7,9H,1-5H2,(H2,13,21,22)(H2,14,16,20)(H,15,17,19)/t6-,7-,9-/m0/s1. The van der Waals surface area contributed by atoms with Gasteiger partial charge in [-0.3, -0.25) is 4.79 Å². The minimum atomic E-state index is -3.90. The van der Waals surface area contributed by atoms with Crippen LogP contribution in [0.1, 0.15) is 25.7 Å². The number of primary sulfonamides is 1. The molecule has 3 heterocycles. The van der Waals surface area contributed by atoms with Gasteiger partial charge >= 0.3 is 6.03 Å². The maximum atomic E-state index is 11.9. The number of nitrogens with one attached hydrogen (secondary N) is 3. The first-order valence-corrected chi connectivity index (χ1v) is 11.1. The number of sulfonamides is 1. The first kappa shape index (κ1) is 18.4. The maximum Gasteiger partial charge on any atom is 0.315 e. The summed E-state index contributed by atoms with van der Waals surface area (Å²) in [7, 11) is -3.90. The third kappa shape index (κ3) is 4.59. The van der Waals surface area contributed by atoms with Crippen molar-refractivity contribution in [1.82, 2.24) is 20.8 Å². The monoisotopic (exact) mass is 406 g/mol. The van der Waals surface area contributed by atoms with Crippen molar-refractivity contribution in [3.8, 4) is 0 Å². The molecule has 1 aromatic rings. The lowest BCUT2D eigenvalue weighted by molar-refractivity contribution is -0.116. The molecule has 3 rings (SSSR count). The predicted molar refractivity (Wildman–Crippen MR) is 93.9 cm³/mol. The molecule has 13 heteroatoms.